The normalized spacial score (nSPS) is 28.5. The van der Waals surface area contributed by atoms with Crippen molar-refractivity contribution >= 4 is 29.4 Å². The highest BCUT2D eigenvalue weighted by Crippen LogP contribution is 2.46. The van der Waals surface area contributed by atoms with E-state index in [9.17, 15) is 4.79 Å². The first-order valence-electron chi connectivity index (χ1n) is 7.20. The average Bonchev–Trinajstić information content (AvgIpc) is 2.45. The molecule has 3 rings (SSSR count). The fourth-order valence-electron chi connectivity index (χ4n) is 3.13. The molecular formula is C16H18N2O3S. The molecule has 1 aromatic carbocycles. The summed E-state index contributed by atoms with van der Waals surface area (Å²) >= 11 is 5.25. The third-order valence-corrected chi connectivity index (χ3v) is 4.28. The molecule has 3 atom stereocenters. The summed E-state index contributed by atoms with van der Waals surface area (Å²) < 4.78 is 11.4. The van der Waals surface area contributed by atoms with Crippen LogP contribution in [0.5, 0.6) is 5.75 Å². The zero-order valence-corrected chi connectivity index (χ0v) is 13.3. The van der Waals surface area contributed by atoms with Gasteiger partial charge in [0.1, 0.15) is 11.7 Å². The Morgan fingerprint density at radius 2 is 2.36 bits per heavy atom. The van der Waals surface area contributed by atoms with E-state index in [1.165, 1.54) is 0 Å². The first-order valence-corrected chi connectivity index (χ1v) is 7.60. The SMILES string of the molecule is C=Cc1cccc2c1O[C@@]1(C)NC(=S)N[C@H]2[C@@H]1C(=O)OCC. The molecule has 0 amide bonds. The van der Waals surface area contributed by atoms with E-state index in [0.29, 0.717) is 17.5 Å². The minimum atomic E-state index is -0.953. The number of ether oxygens (including phenoxy) is 2. The highest BCUT2D eigenvalue weighted by molar-refractivity contribution is 7.80. The molecule has 1 fully saturated rings. The van der Waals surface area contributed by atoms with Crippen LogP contribution in [0.1, 0.15) is 31.0 Å². The van der Waals surface area contributed by atoms with Crippen LogP contribution in [0.25, 0.3) is 6.08 Å². The highest BCUT2D eigenvalue weighted by Gasteiger charge is 2.55. The van der Waals surface area contributed by atoms with Crippen molar-refractivity contribution in [1.82, 2.24) is 10.6 Å². The number of hydrogen-bond acceptors (Lipinski definition) is 4. The zero-order chi connectivity index (χ0) is 15.9. The van der Waals surface area contributed by atoms with Crippen LogP contribution in [0.2, 0.25) is 0 Å². The highest BCUT2D eigenvalue weighted by atomic mass is 32.1. The van der Waals surface area contributed by atoms with Crippen LogP contribution in [0.3, 0.4) is 0 Å². The molecule has 2 N–H and O–H groups in total. The maximum absolute atomic E-state index is 12.4. The molecule has 22 heavy (non-hydrogen) atoms. The Bertz CT molecular complexity index is 661. The van der Waals surface area contributed by atoms with Crippen LogP contribution in [-0.2, 0) is 9.53 Å². The lowest BCUT2D eigenvalue weighted by atomic mass is 9.80. The Kier molecular flexibility index (Phi) is 3.56. The monoisotopic (exact) mass is 318 g/mol. The molecule has 0 spiro atoms. The summed E-state index contributed by atoms with van der Waals surface area (Å²) in [5.41, 5.74) is 0.815. The fraction of sp³-hybridized carbons (Fsp3) is 0.375. The lowest BCUT2D eigenvalue weighted by Crippen LogP contribution is -2.70. The van der Waals surface area contributed by atoms with Crippen molar-refractivity contribution in [3.8, 4) is 5.75 Å². The van der Waals surface area contributed by atoms with Gasteiger partial charge in [-0.3, -0.25) is 4.79 Å². The van der Waals surface area contributed by atoms with Crippen LogP contribution >= 0.6 is 12.2 Å². The van der Waals surface area contributed by atoms with Gasteiger partial charge in [-0.2, -0.15) is 0 Å². The van der Waals surface area contributed by atoms with Crippen LogP contribution in [-0.4, -0.2) is 23.4 Å². The van der Waals surface area contributed by atoms with Gasteiger partial charge in [-0.1, -0.05) is 30.9 Å². The van der Waals surface area contributed by atoms with Crippen LogP contribution in [0.4, 0.5) is 0 Å². The summed E-state index contributed by atoms with van der Waals surface area (Å²) in [5.74, 6) is -0.132. The van der Waals surface area contributed by atoms with Crippen LogP contribution in [0, 0.1) is 5.92 Å². The van der Waals surface area contributed by atoms with E-state index in [0.717, 1.165) is 11.1 Å². The number of nitrogens with one attached hydrogen (secondary N) is 2. The second-order valence-electron chi connectivity index (χ2n) is 5.48. The number of carbonyl (C=O) groups excluding carboxylic acids is 1. The summed E-state index contributed by atoms with van der Waals surface area (Å²) in [5, 5.41) is 6.70. The molecule has 6 heteroatoms. The maximum Gasteiger partial charge on any atom is 0.317 e. The molecule has 5 nitrogen and oxygen atoms in total. The molecule has 116 valence electrons. The molecular weight excluding hydrogens is 300 g/mol. The summed E-state index contributed by atoms with van der Waals surface area (Å²) in [6, 6.07) is 5.48. The smallest absolute Gasteiger partial charge is 0.317 e. The summed E-state index contributed by atoms with van der Waals surface area (Å²) in [4.78, 5) is 12.4. The van der Waals surface area contributed by atoms with Crippen molar-refractivity contribution in [1.29, 1.82) is 0 Å². The van der Waals surface area contributed by atoms with Gasteiger partial charge < -0.3 is 20.1 Å². The van der Waals surface area contributed by atoms with Gasteiger partial charge >= 0.3 is 5.97 Å². The molecule has 2 aliphatic rings. The van der Waals surface area contributed by atoms with Gasteiger partial charge in [-0.15, -0.1) is 0 Å². The zero-order valence-electron chi connectivity index (χ0n) is 12.5. The van der Waals surface area contributed by atoms with E-state index in [1.807, 2.05) is 25.1 Å². The average molecular weight is 318 g/mol. The molecule has 2 bridgehead atoms. The molecule has 0 unspecified atom stereocenters. The summed E-state index contributed by atoms with van der Waals surface area (Å²) in [6.45, 7) is 7.74. The van der Waals surface area contributed by atoms with E-state index in [-0.39, 0.29) is 12.0 Å². The van der Waals surface area contributed by atoms with Gasteiger partial charge in [0.2, 0.25) is 0 Å². The summed E-state index contributed by atoms with van der Waals surface area (Å²) in [6.07, 6.45) is 1.74. The molecule has 2 aliphatic heterocycles. The number of rotatable bonds is 3. The Morgan fingerprint density at radius 3 is 3.05 bits per heavy atom. The molecule has 0 radical (unpaired) electrons. The van der Waals surface area contributed by atoms with Crippen molar-refractivity contribution in [2.75, 3.05) is 6.61 Å². The van der Waals surface area contributed by atoms with Crippen molar-refractivity contribution in [2.24, 2.45) is 5.92 Å². The van der Waals surface area contributed by atoms with Gasteiger partial charge in [0.05, 0.1) is 12.6 Å². The minimum Gasteiger partial charge on any atom is -0.466 e. The summed E-state index contributed by atoms with van der Waals surface area (Å²) in [7, 11) is 0. The van der Waals surface area contributed by atoms with Gasteiger partial charge in [-0.25, -0.2) is 0 Å². The van der Waals surface area contributed by atoms with Crippen molar-refractivity contribution in [3.63, 3.8) is 0 Å². The predicted octanol–water partition coefficient (Wildman–Crippen LogP) is 2.14. The van der Waals surface area contributed by atoms with Gasteiger partial charge in [-0.05, 0) is 26.1 Å². The third-order valence-electron chi connectivity index (χ3n) is 4.06. The predicted molar refractivity (Wildman–Crippen MR) is 87.3 cm³/mol. The Hall–Kier alpha value is -2.08. The largest absolute Gasteiger partial charge is 0.466 e. The topological polar surface area (TPSA) is 59.6 Å². The van der Waals surface area contributed by atoms with Crippen molar-refractivity contribution in [3.05, 3.63) is 35.9 Å². The number of para-hydroxylation sites is 1. The number of carbonyl (C=O) groups is 1. The van der Waals surface area contributed by atoms with Gasteiger partial charge in [0.25, 0.3) is 0 Å². The third kappa shape index (κ3) is 2.14. The lowest BCUT2D eigenvalue weighted by Gasteiger charge is -2.50. The van der Waals surface area contributed by atoms with Gasteiger partial charge in [0.15, 0.2) is 10.8 Å². The van der Waals surface area contributed by atoms with Crippen molar-refractivity contribution in [2.45, 2.75) is 25.6 Å². The number of thiocarbonyl (C=S) groups is 1. The molecule has 0 saturated carbocycles. The molecule has 2 heterocycles. The van der Waals surface area contributed by atoms with Crippen LogP contribution < -0.4 is 15.4 Å². The lowest BCUT2D eigenvalue weighted by molar-refractivity contribution is -0.162. The first kappa shape index (κ1) is 14.8. The fourth-order valence-corrected chi connectivity index (χ4v) is 3.46. The van der Waals surface area contributed by atoms with E-state index < -0.39 is 11.6 Å². The van der Waals surface area contributed by atoms with Crippen molar-refractivity contribution < 1.29 is 14.3 Å². The second-order valence-corrected chi connectivity index (χ2v) is 5.89. The standard InChI is InChI=1S/C16H18N2O3S/c1-4-9-7-6-8-10-12-11(14(19)20-5-2)16(3,21-13(9)10)18-15(22)17-12/h4,6-8,11-12H,1,5H2,2-3H3,(H2,17,18,22)/t11-,12-,16-/m1/s1. The van der Waals surface area contributed by atoms with E-state index >= 15 is 0 Å². The van der Waals surface area contributed by atoms with Gasteiger partial charge in [0, 0.05) is 11.1 Å². The molecule has 0 aliphatic carbocycles. The number of benzene rings is 1. The molecule has 1 saturated heterocycles. The molecule has 1 aromatic rings. The Labute approximate surface area is 134 Å². The van der Waals surface area contributed by atoms with E-state index in [4.69, 9.17) is 21.7 Å². The van der Waals surface area contributed by atoms with Crippen LogP contribution in [0.15, 0.2) is 24.8 Å². The maximum atomic E-state index is 12.4. The number of fused-ring (bicyclic) bond motifs is 4. The minimum absolute atomic E-state index is 0.290. The molecule has 0 aromatic heterocycles. The first-order chi connectivity index (χ1) is 10.5. The second kappa shape index (κ2) is 5.28. The number of esters is 1. The Balaban J connectivity index is 2.14. The van der Waals surface area contributed by atoms with E-state index in [1.54, 1.807) is 13.0 Å². The quantitative estimate of drug-likeness (QED) is 0.658. The Morgan fingerprint density at radius 1 is 1.59 bits per heavy atom. The van der Waals surface area contributed by atoms with E-state index in [2.05, 4.69) is 17.2 Å². The number of hydrogen-bond donors (Lipinski definition) is 2.